The smallest absolute Gasteiger partial charge is 0.413 e. The van der Waals surface area contributed by atoms with Gasteiger partial charge < -0.3 is 9.47 Å². The van der Waals surface area contributed by atoms with Gasteiger partial charge in [0.05, 0.1) is 17.1 Å². The highest BCUT2D eigenvalue weighted by molar-refractivity contribution is 6.05. The van der Waals surface area contributed by atoms with Crippen molar-refractivity contribution in [3.8, 4) is 0 Å². The van der Waals surface area contributed by atoms with Gasteiger partial charge in [0.25, 0.3) is 0 Å². The van der Waals surface area contributed by atoms with Crippen LogP contribution in [0.2, 0.25) is 0 Å². The van der Waals surface area contributed by atoms with Crippen molar-refractivity contribution >= 4 is 17.7 Å². The molecule has 0 aromatic heterocycles. The van der Waals surface area contributed by atoms with E-state index in [4.69, 9.17) is 9.47 Å². The van der Waals surface area contributed by atoms with E-state index in [1.165, 1.54) is 41.5 Å². The van der Waals surface area contributed by atoms with Crippen molar-refractivity contribution in [2.24, 2.45) is 11.8 Å². The fraction of sp³-hybridized carbons (Fsp3) is 0.706. The molecule has 0 unspecified atom stereocenters. The Bertz CT molecular complexity index is 618. The summed E-state index contributed by atoms with van der Waals surface area (Å²) in [5, 5.41) is 0. The SMILES string of the molecule is CC(=O)[C@H]1C(C(F)(F)F)=C(C(=O)OC(C)(C)C)[C@@H]1C(=O)OC(C)(C)C. The highest BCUT2D eigenvalue weighted by Crippen LogP contribution is 2.51. The topological polar surface area (TPSA) is 69.7 Å². The Kier molecular flexibility index (Phi) is 5.47. The molecule has 142 valence electrons. The van der Waals surface area contributed by atoms with E-state index in [0.717, 1.165) is 6.92 Å². The van der Waals surface area contributed by atoms with Crippen molar-refractivity contribution in [1.29, 1.82) is 0 Å². The lowest BCUT2D eigenvalue weighted by Crippen LogP contribution is -2.50. The van der Waals surface area contributed by atoms with Crippen LogP contribution >= 0.6 is 0 Å². The number of alkyl halides is 3. The van der Waals surface area contributed by atoms with Gasteiger partial charge in [-0.1, -0.05) is 0 Å². The molecule has 5 nitrogen and oxygen atoms in total. The van der Waals surface area contributed by atoms with Crippen LogP contribution in [0, 0.1) is 11.8 Å². The molecule has 1 aliphatic carbocycles. The van der Waals surface area contributed by atoms with Gasteiger partial charge in [-0.2, -0.15) is 13.2 Å². The van der Waals surface area contributed by atoms with Gasteiger partial charge in [-0.3, -0.25) is 9.59 Å². The van der Waals surface area contributed by atoms with E-state index in [9.17, 15) is 27.6 Å². The second-order valence-electron chi connectivity index (χ2n) is 7.93. The molecule has 25 heavy (non-hydrogen) atoms. The molecule has 0 saturated carbocycles. The number of carbonyl (C=O) groups is 3. The molecule has 8 heteroatoms. The molecular formula is C17H23F3O5. The van der Waals surface area contributed by atoms with E-state index >= 15 is 0 Å². The highest BCUT2D eigenvalue weighted by atomic mass is 19.4. The number of halogens is 3. The number of ketones is 1. The molecule has 0 aliphatic heterocycles. The molecule has 0 N–H and O–H groups in total. The fourth-order valence-electron chi connectivity index (χ4n) is 2.53. The van der Waals surface area contributed by atoms with Gasteiger partial charge in [-0.25, -0.2) is 4.79 Å². The first-order chi connectivity index (χ1) is 11.0. The molecule has 0 aromatic rings. The van der Waals surface area contributed by atoms with Crippen molar-refractivity contribution < 1.29 is 37.0 Å². The number of hydrogen-bond acceptors (Lipinski definition) is 5. The van der Waals surface area contributed by atoms with Crippen molar-refractivity contribution in [3.63, 3.8) is 0 Å². The molecule has 2 atom stereocenters. The number of rotatable bonds is 3. The summed E-state index contributed by atoms with van der Waals surface area (Å²) < 4.78 is 50.2. The Hall–Kier alpha value is -1.86. The van der Waals surface area contributed by atoms with E-state index in [0.29, 0.717) is 0 Å². The van der Waals surface area contributed by atoms with E-state index < -0.39 is 58.1 Å². The minimum absolute atomic E-state index is 0.850. The van der Waals surface area contributed by atoms with Crippen LogP contribution in [0.25, 0.3) is 0 Å². The summed E-state index contributed by atoms with van der Waals surface area (Å²) in [6, 6.07) is 0. The average Bonchev–Trinajstić information content (AvgIpc) is 2.18. The molecule has 1 aliphatic rings. The maximum absolute atomic E-state index is 13.4. The molecule has 0 amide bonds. The van der Waals surface area contributed by atoms with Gasteiger partial charge in [-0.05, 0) is 48.5 Å². The van der Waals surface area contributed by atoms with Gasteiger partial charge in [0.15, 0.2) is 0 Å². The Morgan fingerprint density at radius 2 is 1.28 bits per heavy atom. The summed E-state index contributed by atoms with van der Waals surface area (Å²) in [6.07, 6.45) is -4.93. The molecule has 0 radical (unpaired) electrons. The lowest BCUT2D eigenvalue weighted by atomic mass is 9.65. The Morgan fingerprint density at radius 1 is 0.840 bits per heavy atom. The summed E-state index contributed by atoms with van der Waals surface area (Å²) in [4.78, 5) is 36.3. The highest BCUT2D eigenvalue weighted by Gasteiger charge is 2.60. The first kappa shape index (κ1) is 21.2. The minimum atomic E-state index is -4.93. The summed E-state index contributed by atoms with van der Waals surface area (Å²) in [7, 11) is 0. The quantitative estimate of drug-likeness (QED) is 0.718. The van der Waals surface area contributed by atoms with Crippen LogP contribution < -0.4 is 0 Å². The summed E-state index contributed by atoms with van der Waals surface area (Å²) in [6.45, 7) is 10.0. The maximum Gasteiger partial charge on any atom is 0.413 e. The third kappa shape index (κ3) is 5.06. The molecule has 0 heterocycles. The largest absolute Gasteiger partial charge is 0.459 e. The first-order valence-electron chi connectivity index (χ1n) is 7.73. The van der Waals surface area contributed by atoms with Crippen LogP contribution in [0.15, 0.2) is 11.1 Å². The molecule has 0 spiro atoms. The van der Waals surface area contributed by atoms with Crippen LogP contribution in [0.3, 0.4) is 0 Å². The number of ether oxygens (including phenoxy) is 2. The predicted octanol–water partition coefficient (Wildman–Crippen LogP) is 3.36. The van der Waals surface area contributed by atoms with Crippen LogP contribution in [-0.2, 0) is 23.9 Å². The molecule has 0 fully saturated rings. The van der Waals surface area contributed by atoms with E-state index in [2.05, 4.69) is 0 Å². The number of esters is 2. The Balaban J connectivity index is 3.42. The normalized spacial score (nSPS) is 21.5. The van der Waals surface area contributed by atoms with Gasteiger partial charge in [0, 0.05) is 0 Å². The fourth-order valence-corrected chi connectivity index (χ4v) is 2.53. The maximum atomic E-state index is 13.4. The first-order valence-corrected chi connectivity index (χ1v) is 7.73. The van der Waals surface area contributed by atoms with Gasteiger partial charge in [0.2, 0.25) is 0 Å². The molecular weight excluding hydrogens is 341 g/mol. The number of hydrogen-bond donors (Lipinski definition) is 0. The van der Waals surface area contributed by atoms with Crippen molar-refractivity contribution in [1.82, 2.24) is 0 Å². The zero-order valence-electron chi connectivity index (χ0n) is 15.3. The number of Topliss-reactive ketones (excluding diaryl/α,β-unsaturated/α-hetero) is 1. The molecule has 1 rings (SSSR count). The van der Waals surface area contributed by atoms with Gasteiger partial charge >= 0.3 is 18.1 Å². The summed E-state index contributed by atoms with van der Waals surface area (Å²) in [5.41, 5.74) is -4.21. The average molecular weight is 364 g/mol. The Morgan fingerprint density at radius 3 is 1.60 bits per heavy atom. The standard InChI is InChI=1S/C17H23F3O5/c1-8(21)9-10(13(22)24-15(2,3)4)11(12(9)17(18,19)20)14(23)25-16(5,6)7/h9-10H,1-7H3/t9-,10-/m1/s1. The molecule has 0 bridgehead atoms. The number of carbonyl (C=O) groups excluding carboxylic acids is 3. The minimum Gasteiger partial charge on any atom is -0.459 e. The zero-order chi connectivity index (χ0) is 20.0. The lowest BCUT2D eigenvalue weighted by Gasteiger charge is -2.40. The van der Waals surface area contributed by atoms with Crippen molar-refractivity contribution in [2.45, 2.75) is 65.8 Å². The van der Waals surface area contributed by atoms with Crippen LogP contribution in [0.4, 0.5) is 13.2 Å². The van der Waals surface area contributed by atoms with Crippen molar-refractivity contribution in [3.05, 3.63) is 11.1 Å². The van der Waals surface area contributed by atoms with Gasteiger partial charge in [0.1, 0.15) is 22.9 Å². The lowest BCUT2D eigenvalue weighted by molar-refractivity contribution is -0.171. The molecule has 0 saturated heterocycles. The third-order valence-corrected chi connectivity index (χ3v) is 3.27. The third-order valence-electron chi connectivity index (χ3n) is 3.27. The van der Waals surface area contributed by atoms with E-state index in [1.807, 2.05) is 0 Å². The zero-order valence-corrected chi connectivity index (χ0v) is 15.3. The Labute approximate surface area is 144 Å². The second-order valence-corrected chi connectivity index (χ2v) is 7.93. The monoisotopic (exact) mass is 364 g/mol. The molecule has 0 aromatic carbocycles. The second kappa shape index (κ2) is 6.46. The predicted molar refractivity (Wildman–Crippen MR) is 82.4 cm³/mol. The van der Waals surface area contributed by atoms with E-state index in [-0.39, 0.29) is 0 Å². The van der Waals surface area contributed by atoms with Crippen LogP contribution in [0.5, 0.6) is 0 Å². The van der Waals surface area contributed by atoms with Crippen LogP contribution in [0.1, 0.15) is 48.5 Å². The van der Waals surface area contributed by atoms with E-state index in [1.54, 1.807) is 0 Å². The summed E-state index contributed by atoms with van der Waals surface area (Å²) >= 11 is 0. The summed E-state index contributed by atoms with van der Waals surface area (Å²) in [5.74, 6) is -6.58. The van der Waals surface area contributed by atoms with Crippen LogP contribution in [-0.4, -0.2) is 35.1 Å². The van der Waals surface area contributed by atoms with Crippen molar-refractivity contribution in [2.75, 3.05) is 0 Å². The van der Waals surface area contributed by atoms with Gasteiger partial charge in [-0.15, -0.1) is 0 Å². The number of allylic oxidation sites excluding steroid dienone is 1.